The zero-order valence-electron chi connectivity index (χ0n) is 12.8. The van der Waals surface area contributed by atoms with E-state index in [4.69, 9.17) is 0 Å². The van der Waals surface area contributed by atoms with Crippen LogP contribution < -0.4 is 10.0 Å². The van der Waals surface area contributed by atoms with Gasteiger partial charge in [0.25, 0.3) is 0 Å². The number of hydrogen-bond acceptors (Lipinski definition) is 3. The van der Waals surface area contributed by atoms with Crippen LogP contribution >= 0.6 is 0 Å². The van der Waals surface area contributed by atoms with Gasteiger partial charge in [-0.25, -0.2) is 13.1 Å². The maximum atomic E-state index is 12.0. The van der Waals surface area contributed by atoms with E-state index in [1.54, 1.807) is 0 Å². The van der Waals surface area contributed by atoms with Crippen LogP contribution in [-0.2, 0) is 10.0 Å². The van der Waals surface area contributed by atoms with Crippen LogP contribution in [0.1, 0.15) is 53.4 Å². The Hall–Kier alpha value is -0.130. The first-order valence-electron chi connectivity index (χ1n) is 7.59. The van der Waals surface area contributed by atoms with E-state index >= 15 is 0 Å². The minimum Gasteiger partial charge on any atom is -0.314 e. The third kappa shape index (κ3) is 5.79. The topological polar surface area (TPSA) is 58.2 Å². The summed E-state index contributed by atoms with van der Waals surface area (Å²) in [6, 6.07) is 0.559. The summed E-state index contributed by atoms with van der Waals surface area (Å²) in [5.41, 5.74) is 0. The monoisotopic (exact) mass is 290 g/mol. The predicted octanol–water partition coefficient (Wildman–Crippen LogP) is 2.12. The lowest BCUT2D eigenvalue weighted by Gasteiger charge is -2.21. The zero-order chi connectivity index (χ0) is 14.5. The van der Waals surface area contributed by atoms with Gasteiger partial charge in [-0.3, -0.25) is 0 Å². The highest BCUT2D eigenvalue weighted by Gasteiger charge is 2.33. The van der Waals surface area contributed by atoms with Crippen LogP contribution in [0.5, 0.6) is 0 Å². The van der Waals surface area contributed by atoms with Crippen LogP contribution in [0.25, 0.3) is 0 Å². The van der Waals surface area contributed by atoms with Gasteiger partial charge in [-0.15, -0.1) is 0 Å². The van der Waals surface area contributed by atoms with Gasteiger partial charge >= 0.3 is 0 Å². The molecule has 0 aromatic rings. The van der Waals surface area contributed by atoms with E-state index in [-0.39, 0.29) is 11.8 Å². The van der Waals surface area contributed by atoms with E-state index in [9.17, 15) is 8.42 Å². The Balaban J connectivity index is 2.34. The molecule has 2 N–H and O–H groups in total. The third-order valence-electron chi connectivity index (χ3n) is 4.22. The molecule has 19 heavy (non-hydrogen) atoms. The molecule has 114 valence electrons. The van der Waals surface area contributed by atoms with Crippen molar-refractivity contribution in [2.45, 2.75) is 65.5 Å². The van der Waals surface area contributed by atoms with Crippen molar-refractivity contribution in [2.24, 2.45) is 11.8 Å². The van der Waals surface area contributed by atoms with Crippen LogP contribution in [0.2, 0.25) is 0 Å². The molecule has 1 aliphatic carbocycles. The van der Waals surface area contributed by atoms with E-state index < -0.39 is 10.0 Å². The molecule has 0 aromatic heterocycles. The second-order valence-corrected chi connectivity index (χ2v) is 7.98. The summed E-state index contributed by atoms with van der Waals surface area (Å²) >= 11 is 0. The van der Waals surface area contributed by atoms with Gasteiger partial charge in [-0.05, 0) is 37.6 Å². The predicted molar refractivity (Wildman–Crippen MR) is 80.6 cm³/mol. The Bertz CT molecular complexity index is 354. The van der Waals surface area contributed by atoms with Crippen molar-refractivity contribution in [2.75, 3.05) is 12.3 Å². The average Bonchev–Trinajstić information content (AvgIpc) is 2.65. The van der Waals surface area contributed by atoms with E-state index in [2.05, 4.69) is 37.7 Å². The molecule has 0 heterocycles. The summed E-state index contributed by atoms with van der Waals surface area (Å²) in [6.07, 6.45) is 3.96. The Morgan fingerprint density at radius 1 is 1.26 bits per heavy atom. The molecule has 4 nitrogen and oxygen atoms in total. The van der Waals surface area contributed by atoms with Crippen LogP contribution in [0, 0.1) is 11.8 Å². The Kier molecular flexibility index (Phi) is 6.77. The first-order valence-corrected chi connectivity index (χ1v) is 9.24. The Labute approximate surface area is 118 Å². The smallest absolute Gasteiger partial charge is 0.211 e. The molecule has 0 saturated heterocycles. The number of sulfonamides is 1. The molecule has 1 fully saturated rings. The maximum absolute atomic E-state index is 12.0. The van der Waals surface area contributed by atoms with Crippen molar-refractivity contribution in [3.05, 3.63) is 0 Å². The summed E-state index contributed by atoms with van der Waals surface area (Å²) in [4.78, 5) is 0. The highest BCUT2D eigenvalue weighted by molar-refractivity contribution is 7.89. The Morgan fingerprint density at radius 3 is 2.47 bits per heavy atom. The maximum Gasteiger partial charge on any atom is 0.211 e. The van der Waals surface area contributed by atoms with Crippen molar-refractivity contribution in [3.8, 4) is 0 Å². The lowest BCUT2D eigenvalue weighted by atomic mass is 9.94. The molecule has 0 spiro atoms. The van der Waals surface area contributed by atoms with Gasteiger partial charge < -0.3 is 5.32 Å². The normalized spacial score (nSPS) is 28.2. The SMILES string of the molecule is CCC1CCC(NS(=O)(=O)CCCNC(C)C)C1C. The van der Waals surface area contributed by atoms with E-state index in [0.29, 0.717) is 24.3 Å². The largest absolute Gasteiger partial charge is 0.314 e. The summed E-state index contributed by atoms with van der Waals surface area (Å²) in [6.45, 7) is 9.26. The van der Waals surface area contributed by atoms with Crippen LogP contribution in [0.15, 0.2) is 0 Å². The molecular formula is C14H30N2O2S. The number of rotatable bonds is 8. The second kappa shape index (κ2) is 7.60. The molecule has 5 heteroatoms. The quantitative estimate of drug-likeness (QED) is 0.673. The van der Waals surface area contributed by atoms with Gasteiger partial charge in [0.2, 0.25) is 10.0 Å². The van der Waals surface area contributed by atoms with Crippen molar-refractivity contribution >= 4 is 10.0 Å². The Morgan fingerprint density at radius 2 is 1.95 bits per heavy atom. The molecule has 1 rings (SSSR count). The van der Waals surface area contributed by atoms with Crippen molar-refractivity contribution in [3.63, 3.8) is 0 Å². The fourth-order valence-corrected chi connectivity index (χ4v) is 4.37. The minimum absolute atomic E-state index is 0.146. The molecule has 0 amide bonds. The first-order chi connectivity index (χ1) is 8.85. The molecule has 3 unspecified atom stereocenters. The molecule has 0 radical (unpaired) electrons. The van der Waals surface area contributed by atoms with Gasteiger partial charge in [0.1, 0.15) is 0 Å². The van der Waals surface area contributed by atoms with E-state index in [1.165, 1.54) is 0 Å². The fourth-order valence-electron chi connectivity index (χ4n) is 2.93. The van der Waals surface area contributed by atoms with E-state index in [1.807, 2.05) is 0 Å². The van der Waals surface area contributed by atoms with Gasteiger partial charge in [-0.2, -0.15) is 0 Å². The summed E-state index contributed by atoms with van der Waals surface area (Å²) in [7, 11) is -3.12. The van der Waals surface area contributed by atoms with Crippen LogP contribution in [0.3, 0.4) is 0 Å². The highest BCUT2D eigenvalue weighted by atomic mass is 32.2. The standard InChI is InChI=1S/C14H30N2O2S/c1-5-13-7-8-14(12(13)4)16-19(17,18)10-6-9-15-11(2)3/h11-16H,5-10H2,1-4H3. The van der Waals surface area contributed by atoms with Crippen molar-refractivity contribution in [1.29, 1.82) is 0 Å². The molecule has 1 aliphatic rings. The molecule has 1 saturated carbocycles. The minimum atomic E-state index is -3.12. The van der Waals surface area contributed by atoms with Crippen molar-refractivity contribution < 1.29 is 8.42 Å². The molecular weight excluding hydrogens is 260 g/mol. The van der Waals surface area contributed by atoms with Gasteiger partial charge in [-0.1, -0.05) is 34.1 Å². The summed E-state index contributed by atoms with van der Waals surface area (Å²) < 4.78 is 27.0. The molecule has 0 bridgehead atoms. The lowest BCUT2D eigenvalue weighted by molar-refractivity contribution is 0.368. The molecule has 3 atom stereocenters. The lowest BCUT2D eigenvalue weighted by Crippen LogP contribution is -2.39. The van der Waals surface area contributed by atoms with Crippen LogP contribution in [-0.4, -0.2) is 32.8 Å². The summed E-state index contributed by atoms with van der Waals surface area (Å²) in [5.74, 6) is 1.37. The molecule has 0 aliphatic heterocycles. The first kappa shape index (κ1) is 16.9. The third-order valence-corrected chi connectivity index (χ3v) is 5.71. The number of nitrogens with one attached hydrogen (secondary N) is 2. The number of hydrogen-bond donors (Lipinski definition) is 2. The zero-order valence-corrected chi connectivity index (χ0v) is 13.6. The van der Waals surface area contributed by atoms with Crippen LogP contribution in [0.4, 0.5) is 0 Å². The average molecular weight is 290 g/mol. The van der Waals surface area contributed by atoms with Gasteiger partial charge in [0, 0.05) is 12.1 Å². The van der Waals surface area contributed by atoms with Gasteiger partial charge in [0.15, 0.2) is 0 Å². The highest BCUT2D eigenvalue weighted by Crippen LogP contribution is 2.34. The fraction of sp³-hybridized carbons (Fsp3) is 1.00. The van der Waals surface area contributed by atoms with Crippen molar-refractivity contribution in [1.82, 2.24) is 10.0 Å². The van der Waals surface area contributed by atoms with E-state index in [0.717, 1.165) is 25.8 Å². The second-order valence-electron chi connectivity index (χ2n) is 6.11. The molecule has 0 aromatic carbocycles. The summed E-state index contributed by atoms with van der Waals surface area (Å²) in [5, 5.41) is 3.24. The van der Waals surface area contributed by atoms with Gasteiger partial charge in [0.05, 0.1) is 5.75 Å².